The van der Waals surface area contributed by atoms with Crippen LogP contribution in [0.5, 0.6) is 17.2 Å². The number of piperidine rings is 1. The lowest BCUT2D eigenvalue weighted by Gasteiger charge is -2.24. The fourth-order valence-corrected chi connectivity index (χ4v) is 3.78. The van der Waals surface area contributed by atoms with E-state index in [1.54, 1.807) is 0 Å². The quantitative estimate of drug-likeness (QED) is 0.864. The van der Waals surface area contributed by atoms with E-state index >= 15 is 0 Å². The van der Waals surface area contributed by atoms with Crippen molar-refractivity contribution < 1.29 is 14.6 Å². The van der Waals surface area contributed by atoms with E-state index in [1.165, 1.54) is 24.0 Å². The maximum absolute atomic E-state index is 10.3. The van der Waals surface area contributed by atoms with Crippen molar-refractivity contribution in [2.75, 3.05) is 26.3 Å². The van der Waals surface area contributed by atoms with Crippen molar-refractivity contribution in [2.45, 2.75) is 32.1 Å². The Morgan fingerprint density at radius 1 is 1.10 bits per heavy atom. The molecule has 0 aromatic heterocycles. The van der Waals surface area contributed by atoms with Crippen molar-refractivity contribution in [3.05, 3.63) is 16.7 Å². The van der Waals surface area contributed by atoms with Crippen LogP contribution in [0.25, 0.3) is 0 Å². The maximum Gasteiger partial charge on any atom is 0.165 e. The zero-order valence-corrected chi connectivity index (χ0v) is 11.7. The fourth-order valence-electron chi connectivity index (χ4n) is 3.78. The molecule has 0 amide bonds. The van der Waals surface area contributed by atoms with E-state index in [4.69, 9.17) is 9.47 Å². The van der Waals surface area contributed by atoms with Crippen LogP contribution in [0, 0.1) is 5.92 Å². The number of ether oxygens (including phenoxy) is 2. The fraction of sp³-hybridized carbons (Fsp3) is 0.625. The molecular weight excluding hydrogens is 254 g/mol. The van der Waals surface area contributed by atoms with Crippen LogP contribution in [0.2, 0.25) is 0 Å². The van der Waals surface area contributed by atoms with Crippen LogP contribution in [-0.2, 0) is 19.3 Å². The van der Waals surface area contributed by atoms with Gasteiger partial charge in [-0.15, -0.1) is 0 Å². The molecule has 0 saturated carbocycles. The van der Waals surface area contributed by atoms with E-state index in [-0.39, 0.29) is 0 Å². The van der Waals surface area contributed by atoms with E-state index in [0.29, 0.717) is 24.9 Å². The number of hydrogen-bond acceptors (Lipinski definition) is 4. The van der Waals surface area contributed by atoms with Crippen LogP contribution in [0.1, 0.15) is 29.5 Å². The second-order valence-corrected chi connectivity index (χ2v) is 6.06. The molecule has 1 fully saturated rings. The van der Waals surface area contributed by atoms with Crippen LogP contribution in [0.3, 0.4) is 0 Å². The summed E-state index contributed by atoms with van der Waals surface area (Å²) in [5, 5.41) is 13.8. The van der Waals surface area contributed by atoms with Gasteiger partial charge in [0.15, 0.2) is 11.5 Å². The minimum atomic E-state index is 0.329. The molecule has 0 radical (unpaired) electrons. The molecule has 4 rings (SSSR count). The van der Waals surface area contributed by atoms with Gasteiger partial charge < -0.3 is 19.9 Å². The summed E-state index contributed by atoms with van der Waals surface area (Å²) >= 11 is 0. The predicted octanol–water partition coefficient (Wildman–Crippen LogP) is 1.80. The molecule has 1 atom stereocenters. The molecule has 0 bridgehead atoms. The first-order chi connectivity index (χ1) is 9.84. The Hall–Kier alpha value is -1.42. The van der Waals surface area contributed by atoms with Crippen molar-refractivity contribution in [1.29, 1.82) is 0 Å². The monoisotopic (exact) mass is 275 g/mol. The average molecular weight is 275 g/mol. The second kappa shape index (κ2) is 4.85. The Kier molecular flexibility index (Phi) is 2.99. The summed E-state index contributed by atoms with van der Waals surface area (Å²) in [5.74, 6) is 2.69. The first-order valence-electron chi connectivity index (χ1n) is 7.70. The van der Waals surface area contributed by atoms with Gasteiger partial charge in [0.2, 0.25) is 0 Å². The lowest BCUT2D eigenvalue weighted by Crippen LogP contribution is -2.31. The number of aromatic hydroxyl groups is 1. The lowest BCUT2D eigenvalue weighted by molar-refractivity contribution is 0.332. The van der Waals surface area contributed by atoms with E-state index in [2.05, 4.69) is 5.32 Å². The summed E-state index contributed by atoms with van der Waals surface area (Å²) in [4.78, 5) is 0. The number of fused-ring (bicyclic) bond motifs is 2. The molecule has 20 heavy (non-hydrogen) atoms. The Bertz CT molecular complexity index is 500. The van der Waals surface area contributed by atoms with Gasteiger partial charge in [-0.05, 0) is 38.3 Å². The maximum atomic E-state index is 10.3. The molecule has 4 nitrogen and oxygen atoms in total. The van der Waals surface area contributed by atoms with Crippen LogP contribution in [0.4, 0.5) is 0 Å². The third-order valence-electron chi connectivity index (χ3n) is 4.78. The van der Waals surface area contributed by atoms with Crippen molar-refractivity contribution in [2.24, 2.45) is 5.92 Å². The molecule has 3 aliphatic rings. The summed E-state index contributed by atoms with van der Waals surface area (Å²) in [6.45, 7) is 3.59. The molecule has 1 saturated heterocycles. The Balaban J connectivity index is 1.74. The third-order valence-corrected chi connectivity index (χ3v) is 4.78. The smallest absolute Gasteiger partial charge is 0.165 e. The van der Waals surface area contributed by atoms with Crippen molar-refractivity contribution in [1.82, 2.24) is 5.32 Å². The van der Waals surface area contributed by atoms with E-state index < -0.39 is 0 Å². The van der Waals surface area contributed by atoms with Crippen LogP contribution in [-0.4, -0.2) is 31.4 Å². The summed E-state index contributed by atoms with van der Waals surface area (Å²) in [7, 11) is 0. The molecule has 0 spiro atoms. The molecule has 1 unspecified atom stereocenters. The van der Waals surface area contributed by atoms with Crippen molar-refractivity contribution >= 4 is 0 Å². The third kappa shape index (κ3) is 1.85. The van der Waals surface area contributed by atoms with Gasteiger partial charge in [-0.2, -0.15) is 0 Å². The summed E-state index contributed by atoms with van der Waals surface area (Å²) in [5.41, 5.74) is 3.45. The molecule has 1 aromatic carbocycles. The standard InChI is InChI=1S/C16H21NO3/c18-14-12-4-7-19-15(12)13(11-3-6-20-16(11)14)8-10-2-1-5-17-9-10/h10,17-18H,1-9H2. The van der Waals surface area contributed by atoms with Gasteiger partial charge in [0.25, 0.3) is 0 Å². The van der Waals surface area contributed by atoms with Gasteiger partial charge >= 0.3 is 0 Å². The second-order valence-electron chi connectivity index (χ2n) is 6.06. The molecule has 108 valence electrons. The normalized spacial score (nSPS) is 23.9. The Morgan fingerprint density at radius 3 is 2.70 bits per heavy atom. The van der Waals surface area contributed by atoms with Crippen LogP contribution < -0.4 is 14.8 Å². The minimum Gasteiger partial charge on any atom is -0.504 e. The first kappa shape index (κ1) is 12.3. The Labute approximate surface area is 119 Å². The number of phenolic OH excluding ortho intramolecular Hbond substituents is 1. The Morgan fingerprint density at radius 2 is 1.90 bits per heavy atom. The average Bonchev–Trinajstić information content (AvgIpc) is 3.14. The molecule has 2 N–H and O–H groups in total. The van der Waals surface area contributed by atoms with Gasteiger partial charge in [0.1, 0.15) is 5.75 Å². The van der Waals surface area contributed by atoms with Gasteiger partial charge in [0.05, 0.1) is 13.2 Å². The number of rotatable bonds is 2. The summed E-state index contributed by atoms with van der Waals surface area (Å²) in [6.07, 6.45) is 5.27. The molecule has 4 heteroatoms. The van der Waals surface area contributed by atoms with Crippen molar-refractivity contribution in [3.8, 4) is 17.2 Å². The molecule has 3 heterocycles. The highest BCUT2D eigenvalue weighted by molar-refractivity contribution is 5.65. The molecule has 3 aliphatic heterocycles. The highest BCUT2D eigenvalue weighted by atomic mass is 16.5. The summed E-state index contributed by atoms with van der Waals surface area (Å²) < 4.78 is 11.5. The van der Waals surface area contributed by atoms with E-state index in [1.807, 2.05) is 0 Å². The van der Waals surface area contributed by atoms with Crippen molar-refractivity contribution in [3.63, 3.8) is 0 Å². The molecule has 1 aromatic rings. The SMILES string of the molecule is Oc1c2c(c(CC3CCCNC3)c3c1OCC3)OCC2. The highest BCUT2D eigenvalue weighted by Crippen LogP contribution is 2.49. The number of nitrogens with one attached hydrogen (secondary N) is 1. The summed E-state index contributed by atoms with van der Waals surface area (Å²) in [6, 6.07) is 0. The van der Waals surface area contributed by atoms with E-state index in [0.717, 1.165) is 49.4 Å². The van der Waals surface area contributed by atoms with Gasteiger partial charge in [-0.25, -0.2) is 0 Å². The topological polar surface area (TPSA) is 50.7 Å². The van der Waals surface area contributed by atoms with Crippen LogP contribution in [0.15, 0.2) is 0 Å². The highest BCUT2D eigenvalue weighted by Gasteiger charge is 2.32. The lowest BCUT2D eigenvalue weighted by atomic mass is 9.87. The number of phenols is 1. The zero-order valence-electron chi connectivity index (χ0n) is 11.7. The largest absolute Gasteiger partial charge is 0.504 e. The molecular formula is C16H21NO3. The van der Waals surface area contributed by atoms with Gasteiger partial charge in [-0.1, -0.05) is 0 Å². The first-order valence-corrected chi connectivity index (χ1v) is 7.70. The number of hydrogen-bond donors (Lipinski definition) is 2. The van der Waals surface area contributed by atoms with E-state index in [9.17, 15) is 5.11 Å². The zero-order chi connectivity index (χ0) is 13.5. The minimum absolute atomic E-state index is 0.329. The van der Waals surface area contributed by atoms with Gasteiger partial charge in [0, 0.05) is 29.5 Å². The van der Waals surface area contributed by atoms with Gasteiger partial charge in [-0.3, -0.25) is 0 Å². The number of benzene rings is 1. The van der Waals surface area contributed by atoms with Crippen LogP contribution >= 0.6 is 0 Å². The predicted molar refractivity (Wildman–Crippen MR) is 75.8 cm³/mol. The molecule has 0 aliphatic carbocycles.